The van der Waals surface area contributed by atoms with Crippen LogP contribution in [0.5, 0.6) is 0 Å². The molecule has 4 heteroatoms. The molecular weight excluding hydrogens is 276 g/mol. The van der Waals surface area contributed by atoms with Gasteiger partial charge in [0.2, 0.25) is 0 Å². The SMILES string of the molecule is Cc1nccn1Cc1ccc(-c2ccccc2C(=O)O)cc1. The van der Waals surface area contributed by atoms with Gasteiger partial charge in [-0.15, -0.1) is 0 Å². The molecular formula is C18H16N2O2. The Morgan fingerprint density at radius 1 is 1.14 bits per heavy atom. The summed E-state index contributed by atoms with van der Waals surface area (Å²) in [5.74, 6) is 0.0639. The highest BCUT2D eigenvalue weighted by atomic mass is 16.4. The minimum atomic E-state index is -0.909. The molecule has 0 aliphatic heterocycles. The van der Waals surface area contributed by atoms with Crippen molar-refractivity contribution < 1.29 is 9.90 Å². The summed E-state index contributed by atoms with van der Waals surface area (Å²) in [5.41, 5.74) is 3.11. The standard InChI is InChI=1S/C18H16N2O2/c1-13-19-10-11-20(13)12-14-6-8-15(9-7-14)16-4-2-3-5-17(16)18(21)22/h2-11H,12H2,1H3,(H,21,22). The van der Waals surface area contributed by atoms with Crippen LogP contribution in [0.2, 0.25) is 0 Å². The largest absolute Gasteiger partial charge is 0.478 e. The van der Waals surface area contributed by atoms with Gasteiger partial charge in [0.1, 0.15) is 5.82 Å². The summed E-state index contributed by atoms with van der Waals surface area (Å²) in [6, 6.07) is 15.0. The number of carboxylic acids is 1. The Kier molecular flexibility index (Phi) is 3.74. The van der Waals surface area contributed by atoms with Crippen LogP contribution in [0.15, 0.2) is 60.9 Å². The Labute approximate surface area is 128 Å². The maximum Gasteiger partial charge on any atom is 0.336 e. The van der Waals surface area contributed by atoms with Crippen molar-refractivity contribution in [3.8, 4) is 11.1 Å². The monoisotopic (exact) mass is 292 g/mol. The zero-order valence-corrected chi connectivity index (χ0v) is 12.2. The van der Waals surface area contributed by atoms with Crippen LogP contribution in [0.1, 0.15) is 21.7 Å². The number of imidazole rings is 1. The van der Waals surface area contributed by atoms with E-state index in [1.165, 1.54) is 0 Å². The molecule has 0 radical (unpaired) electrons. The zero-order valence-electron chi connectivity index (χ0n) is 12.2. The first kappa shape index (κ1) is 14.1. The van der Waals surface area contributed by atoms with Crippen molar-refractivity contribution in [2.24, 2.45) is 0 Å². The first-order valence-electron chi connectivity index (χ1n) is 7.04. The van der Waals surface area contributed by atoms with Gasteiger partial charge in [0.15, 0.2) is 0 Å². The summed E-state index contributed by atoms with van der Waals surface area (Å²) in [4.78, 5) is 15.5. The van der Waals surface area contributed by atoms with Gasteiger partial charge in [-0.05, 0) is 29.7 Å². The molecule has 4 nitrogen and oxygen atoms in total. The summed E-state index contributed by atoms with van der Waals surface area (Å²) in [6.45, 7) is 2.73. The minimum absolute atomic E-state index is 0.320. The maximum atomic E-state index is 11.3. The normalized spacial score (nSPS) is 10.6. The molecule has 110 valence electrons. The summed E-state index contributed by atoms with van der Waals surface area (Å²) >= 11 is 0. The van der Waals surface area contributed by atoms with E-state index in [0.29, 0.717) is 5.56 Å². The predicted octanol–water partition coefficient (Wildman–Crippen LogP) is 3.61. The average molecular weight is 292 g/mol. The molecule has 0 atom stereocenters. The third-order valence-electron chi connectivity index (χ3n) is 3.70. The van der Waals surface area contributed by atoms with E-state index in [1.807, 2.05) is 49.5 Å². The van der Waals surface area contributed by atoms with Crippen molar-refractivity contribution >= 4 is 5.97 Å². The number of aromatic carboxylic acids is 1. The molecule has 1 N–H and O–H groups in total. The molecule has 0 bridgehead atoms. The van der Waals surface area contributed by atoms with E-state index in [0.717, 1.165) is 29.1 Å². The number of carbonyl (C=O) groups is 1. The second kappa shape index (κ2) is 5.85. The molecule has 2 aromatic carbocycles. The quantitative estimate of drug-likeness (QED) is 0.799. The van der Waals surface area contributed by atoms with E-state index in [1.54, 1.807) is 18.3 Å². The molecule has 22 heavy (non-hydrogen) atoms. The fourth-order valence-corrected chi connectivity index (χ4v) is 2.48. The highest BCUT2D eigenvalue weighted by molar-refractivity contribution is 5.95. The first-order valence-corrected chi connectivity index (χ1v) is 7.04. The Balaban J connectivity index is 1.89. The molecule has 0 amide bonds. The number of aryl methyl sites for hydroxylation is 1. The van der Waals surface area contributed by atoms with Crippen LogP contribution in [-0.2, 0) is 6.54 Å². The molecule has 0 aliphatic carbocycles. The Morgan fingerprint density at radius 3 is 2.50 bits per heavy atom. The van der Waals surface area contributed by atoms with Crippen molar-refractivity contribution in [1.29, 1.82) is 0 Å². The number of hydrogen-bond acceptors (Lipinski definition) is 2. The van der Waals surface area contributed by atoms with Crippen LogP contribution in [0.3, 0.4) is 0 Å². The molecule has 0 saturated carbocycles. The van der Waals surface area contributed by atoms with Gasteiger partial charge < -0.3 is 9.67 Å². The van der Waals surface area contributed by atoms with E-state index in [-0.39, 0.29) is 0 Å². The molecule has 3 rings (SSSR count). The third kappa shape index (κ3) is 2.76. The lowest BCUT2D eigenvalue weighted by Crippen LogP contribution is -2.01. The number of carboxylic acid groups (broad SMARTS) is 1. The highest BCUT2D eigenvalue weighted by Gasteiger charge is 2.10. The summed E-state index contributed by atoms with van der Waals surface area (Å²) < 4.78 is 2.07. The molecule has 0 saturated heterocycles. The van der Waals surface area contributed by atoms with Crippen molar-refractivity contribution in [2.45, 2.75) is 13.5 Å². The smallest absolute Gasteiger partial charge is 0.336 e. The number of benzene rings is 2. The van der Waals surface area contributed by atoms with E-state index < -0.39 is 5.97 Å². The highest BCUT2D eigenvalue weighted by Crippen LogP contribution is 2.24. The molecule has 1 aromatic heterocycles. The lowest BCUT2D eigenvalue weighted by molar-refractivity contribution is 0.0697. The predicted molar refractivity (Wildman–Crippen MR) is 84.9 cm³/mol. The number of hydrogen-bond donors (Lipinski definition) is 1. The second-order valence-electron chi connectivity index (χ2n) is 5.15. The van der Waals surface area contributed by atoms with E-state index in [2.05, 4.69) is 9.55 Å². The number of rotatable bonds is 4. The molecule has 0 spiro atoms. The van der Waals surface area contributed by atoms with E-state index in [4.69, 9.17) is 0 Å². The van der Waals surface area contributed by atoms with Gasteiger partial charge in [-0.25, -0.2) is 9.78 Å². The van der Waals surface area contributed by atoms with Crippen molar-refractivity contribution in [3.05, 3.63) is 77.9 Å². The average Bonchev–Trinajstić information content (AvgIpc) is 2.93. The molecule has 1 heterocycles. The minimum Gasteiger partial charge on any atom is -0.478 e. The van der Waals surface area contributed by atoms with Crippen molar-refractivity contribution in [2.75, 3.05) is 0 Å². The van der Waals surface area contributed by atoms with E-state index >= 15 is 0 Å². The molecule has 3 aromatic rings. The maximum absolute atomic E-state index is 11.3. The van der Waals surface area contributed by atoms with Gasteiger partial charge in [-0.3, -0.25) is 0 Å². The van der Waals surface area contributed by atoms with Gasteiger partial charge in [-0.1, -0.05) is 42.5 Å². The third-order valence-corrected chi connectivity index (χ3v) is 3.70. The van der Waals surface area contributed by atoms with Crippen molar-refractivity contribution in [3.63, 3.8) is 0 Å². The topological polar surface area (TPSA) is 55.1 Å². The Hall–Kier alpha value is -2.88. The van der Waals surface area contributed by atoms with Gasteiger partial charge in [0, 0.05) is 18.9 Å². The summed E-state index contributed by atoms with van der Waals surface area (Å²) in [5, 5.41) is 9.27. The number of aromatic nitrogens is 2. The Bertz CT molecular complexity index is 804. The first-order chi connectivity index (χ1) is 10.6. The van der Waals surface area contributed by atoms with Gasteiger partial charge >= 0.3 is 5.97 Å². The van der Waals surface area contributed by atoms with Crippen molar-refractivity contribution in [1.82, 2.24) is 9.55 Å². The van der Waals surface area contributed by atoms with Gasteiger partial charge in [-0.2, -0.15) is 0 Å². The van der Waals surface area contributed by atoms with Gasteiger partial charge in [0.05, 0.1) is 5.56 Å². The summed E-state index contributed by atoms with van der Waals surface area (Å²) in [6.07, 6.45) is 3.73. The lowest BCUT2D eigenvalue weighted by Gasteiger charge is -2.09. The van der Waals surface area contributed by atoms with Crippen LogP contribution in [0, 0.1) is 6.92 Å². The molecule has 0 aliphatic rings. The van der Waals surface area contributed by atoms with Crippen LogP contribution in [-0.4, -0.2) is 20.6 Å². The van der Waals surface area contributed by atoms with Crippen LogP contribution in [0.4, 0.5) is 0 Å². The van der Waals surface area contributed by atoms with Crippen LogP contribution < -0.4 is 0 Å². The number of nitrogens with zero attached hydrogens (tertiary/aromatic N) is 2. The lowest BCUT2D eigenvalue weighted by atomic mass is 9.99. The summed E-state index contributed by atoms with van der Waals surface area (Å²) in [7, 11) is 0. The molecule has 0 unspecified atom stereocenters. The van der Waals surface area contributed by atoms with Gasteiger partial charge in [0.25, 0.3) is 0 Å². The van der Waals surface area contributed by atoms with E-state index in [9.17, 15) is 9.90 Å². The van der Waals surface area contributed by atoms with Crippen LogP contribution >= 0.6 is 0 Å². The fraction of sp³-hybridized carbons (Fsp3) is 0.111. The Morgan fingerprint density at radius 2 is 1.86 bits per heavy atom. The molecule has 0 fully saturated rings. The van der Waals surface area contributed by atoms with Crippen LogP contribution in [0.25, 0.3) is 11.1 Å². The second-order valence-corrected chi connectivity index (χ2v) is 5.15. The zero-order chi connectivity index (χ0) is 15.5. The fourth-order valence-electron chi connectivity index (χ4n) is 2.48.